The Morgan fingerprint density at radius 1 is 1.36 bits per heavy atom. The topological polar surface area (TPSA) is 63.1 Å². The number of rotatable bonds is 3. The van der Waals surface area contributed by atoms with Crippen molar-refractivity contribution in [2.45, 2.75) is 13.8 Å². The number of aliphatic imine (C=N–C) groups is 1. The highest BCUT2D eigenvalue weighted by Crippen LogP contribution is 1.71. The second kappa shape index (κ2) is 6.67. The maximum atomic E-state index is 5.21. The normalized spacial score (nSPS) is 14.2. The molecule has 0 radical (unpaired) electrons. The molecule has 0 aliphatic heterocycles. The molecule has 0 unspecified atom stereocenters. The number of amidine groups is 1. The smallest absolute Gasteiger partial charge is 0.119 e. The largest absolute Gasteiger partial charge is 0.386 e. The van der Waals surface area contributed by atoms with Crippen molar-refractivity contribution in [3.8, 4) is 0 Å². The second-order valence-corrected chi connectivity index (χ2v) is 1.79. The van der Waals surface area contributed by atoms with Crippen molar-refractivity contribution in [3.05, 3.63) is 12.3 Å². The van der Waals surface area contributed by atoms with Gasteiger partial charge in [0.05, 0.1) is 6.21 Å². The highest BCUT2D eigenvalue weighted by Gasteiger charge is 1.69. The van der Waals surface area contributed by atoms with Crippen molar-refractivity contribution in [3.63, 3.8) is 0 Å². The van der Waals surface area contributed by atoms with Gasteiger partial charge in [-0.1, -0.05) is 6.08 Å². The third kappa shape index (κ3) is 8.55. The minimum Gasteiger partial charge on any atom is -0.386 e. The Bertz CT molecular complexity index is 196. The zero-order valence-corrected chi connectivity index (χ0v) is 6.73. The molecule has 0 spiro atoms. The summed E-state index contributed by atoms with van der Waals surface area (Å²) in [5.41, 5.74) is 5.21. The zero-order chi connectivity index (χ0) is 8.53. The summed E-state index contributed by atoms with van der Waals surface area (Å²) in [4.78, 5) is 3.82. The van der Waals surface area contributed by atoms with E-state index < -0.39 is 0 Å². The molecule has 4 nitrogen and oxygen atoms in total. The van der Waals surface area contributed by atoms with Crippen LogP contribution in [0.15, 0.2) is 27.5 Å². The lowest BCUT2D eigenvalue weighted by atomic mass is 10.7. The molecule has 0 aromatic carbocycles. The van der Waals surface area contributed by atoms with Gasteiger partial charge >= 0.3 is 0 Å². The fourth-order valence-corrected chi connectivity index (χ4v) is 0.328. The first-order valence-corrected chi connectivity index (χ1v) is 3.23. The molecule has 0 aliphatic rings. The second-order valence-electron chi connectivity index (χ2n) is 1.79. The quantitative estimate of drug-likeness (QED) is 0.365. The van der Waals surface area contributed by atoms with Crippen LogP contribution in [-0.4, -0.2) is 18.3 Å². The minimum atomic E-state index is 0.431. The molecule has 11 heavy (non-hydrogen) atoms. The van der Waals surface area contributed by atoms with Crippen molar-refractivity contribution in [2.24, 2.45) is 20.9 Å². The average Bonchev–Trinajstić information content (AvgIpc) is 1.96. The van der Waals surface area contributed by atoms with Crippen LogP contribution in [0.4, 0.5) is 0 Å². The standard InChI is InChI=1S/C7H12N4/c1-3-4-9-5-6-10-11-7(2)8/h3-6H,1-2H3,(H2,8,11)/b4-3-,9-5?,10-6?. The Hall–Kier alpha value is -1.45. The monoisotopic (exact) mass is 152 g/mol. The van der Waals surface area contributed by atoms with E-state index in [2.05, 4.69) is 15.2 Å². The Labute approximate surface area is 66.2 Å². The first kappa shape index (κ1) is 9.55. The molecule has 0 aromatic rings. The molecule has 60 valence electrons. The van der Waals surface area contributed by atoms with E-state index >= 15 is 0 Å². The van der Waals surface area contributed by atoms with Gasteiger partial charge < -0.3 is 5.73 Å². The van der Waals surface area contributed by atoms with Gasteiger partial charge in [-0.2, -0.15) is 5.10 Å². The minimum absolute atomic E-state index is 0.431. The molecular formula is C7H12N4. The van der Waals surface area contributed by atoms with E-state index in [0.29, 0.717) is 5.84 Å². The van der Waals surface area contributed by atoms with Gasteiger partial charge in [0.1, 0.15) is 5.84 Å². The maximum absolute atomic E-state index is 5.21. The van der Waals surface area contributed by atoms with Crippen LogP contribution in [0.3, 0.4) is 0 Å². The Kier molecular flexibility index (Phi) is 5.79. The summed E-state index contributed by atoms with van der Waals surface area (Å²) >= 11 is 0. The van der Waals surface area contributed by atoms with Crippen molar-refractivity contribution >= 4 is 18.3 Å². The summed E-state index contributed by atoms with van der Waals surface area (Å²) in [5.74, 6) is 0.431. The summed E-state index contributed by atoms with van der Waals surface area (Å²) < 4.78 is 0. The maximum Gasteiger partial charge on any atom is 0.119 e. The molecule has 0 aromatic heterocycles. The molecule has 0 amide bonds. The average molecular weight is 152 g/mol. The first-order chi connectivity index (χ1) is 5.27. The van der Waals surface area contributed by atoms with Crippen molar-refractivity contribution in [1.82, 2.24) is 0 Å². The molecule has 0 aliphatic carbocycles. The van der Waals surface area contributed by atoms with Crippen LogP contribution in [0.2, 0.25) is 0 Å². The molecule has 0 saturated carbocycles. The summed E-state index contributed by atoms with van der Waals surface area (Å²) in [5, 5.41) is 7.17. The van der Waals surface area contributed by atoms with E-state index in [-0.39, 0.29) is 0 Å². The van der Waals surface area contributed by atoms with Crippen LogP contribution >= 0.6 is 0 Å². The highest BCUT2D eigenvalue weighted by atomic mass is 15.2. The Balaban J connectivity index is 3.69. The summed E-state index contributed by atoms with van der Waals surface area (Å²) in [7, 11) is 0. The predicted octanol–water partition coefficient (Wildman–Crippen LogP) is 0.954. The zero-order valence-electron chi connectivity index (χ0n) is 6.73. The van der Waals surface area contributed by atoms with E-state index in [4.69, 9.17) is 5.73 Å². The van der Waals surface area contributed by atoms with Crippen molar-refractivity contribution in [1.29, 1.82) is 0 Å². The summed E-state index contributed by atoms with van der Waals surface area (Å²) in [6, 6.07) is 0. The van der Waals surface area contributed by atoms with Crippen molar-refractivity contribution in [2.75, 3.05) is 0 Å². The number of nitrogens with zero attached hydrogens (tertiary/aromatic N) is 3. The van der Waals surface area contributed by atoms with Crippen molar-refractivity contribution < 1.29 is 0 Å². The van der Waals surface area contributed by atoms with Crippen LogP contribution in [0.5, 0.6) is 0 Å². The van der Waals surface area contributed by atoms with Gasteiger partial charge in [0.2, 0.25) is 0 Å². The number of nitrogens with two attached hydrogens (primary N) is 1. The molecule has 2 N–H and O–H groups in total. The van der Waals surface area contributed by atoms with Crippen LogP contribution in [0.1, 0.15) is 13.8 Å². The molecular weight excluding hydrogens is 140 g/mol. The number of hydrogen-bond acceptors (Lipinski definition) is 3. The van der Waals surface area contributed by atoms with Gasteiger partial charge in [-0.25, -0.2) is 0 Å². The lowest BCUT2D eigenvalue weighted by Crippen LogP contribution is -2.03. The van der Waals surface area contributed by atoms with Crippen LogP contribution in [-0.2, 0) is 0 Å². The van der Waals surface area contributed by atoms with E-state index in [1.54, 1.807) is 13.1 Å². The molecule has 4 heteroatoms. The van der Waals surface area contributed by atoms with Gasteiger partial charge in [0, 0.05) is 12.4 Å². The van der Waals surface area contributed by atoms with Gasteiger partial charge in [0.25, 0.3) is 0 Å². The predicted molar refractivity (Wildman–Crippen MR) is 49.1 cm³/mol. The van der Waals surface area contributed by atoms with Crippen LogP contribution < -0.4 is 5.73 Å². The Morgan fingerprint density at radius 3 is 2.64 bits per heavy atom. The molecule has 0 heterocycles. The number of allylic oxidation sites excluding steroid dienone is 1. The van der Waals surface area contributed by atoms with E-state index in [1.165, 1.54) is 12.4 Å². The highest BCUT2D eigenvalue weighted by molar-refractivity contribution is 6.16. The summed E-state index contributed by atoms with van der Waals surface area (Å²) in [6.07, 6.45) is 6.48. The third-order valence-electron chi connectivity index (χ3n) is 0.670. The van der Waals surface area contributed by atoms with Crippen LogP contribution in [0.25, 0.3) is 0 Å². The fraction of sp³-hybridized carbons (Fsp3) is 0.286. The third-order valence-corrected chi connectivity index (χ3v) is 0.670. The fourth-order valence-electron chi connectivity index (χ4n) is 0.328. The molecule has 0 bridgehead atoms. The summed E-state index contributed by atoms with van der Waals surface area (Å²) in [6.45, 7) is 3.55. The van der Waals surface area contributed by atoms with Gasteiger partial charge in [-0.3, -0.25) is 4.99 Å². The van der Waals surface area contributed by atoms with Gasteiger partial charge in [0.15, 0.2) is 0 Å². The lowest BCUT2D eigenvalue weighted by molar-refractivity contribution is 1.23. The van der Waals surface area contributed by atoms with E-state index in [1.807, 2.05) is 13.0 Å². The molecule has 0 saturated heterocycles. The van der Waals surface area contributed by atoms with Gasteiger partial charge in [-0.15, -0.1) is 5.10 Å². The first-order valence-electron chi connectivity index (χ1n) is 3.23. The van der Waals surface area contributed by atoms with Crippen LogP contribution in [0, 0.1) is 0 Å². The SMILES string of the molecule is C/C=C\N=CC=NN=C(C)N. The van der Waals surface area contributed by atoms with Gasteiger partial charge in [-0.05, 0) is 13.8 Å². The number of hydrogen-bond donors (Lipinski definition) is 1. The van der Waals surface area contributed by atoms with E-state index in [9.17, 15) is 0 Å². The Morgan fingerprint density at radius 2 is 2.09 bits per heavy atom. The molecule has 0 fully saturated rings. The molecule has 0 atom stereocenters. The van der Waals surface area contributed by atoms with E-state index in [0.717, 1.165) is 0 Å². The molecule has 0 rings (SSSR count). The lowest BCUT2D eigenvalue weighted by Gasteiger charge is -1.79.